The van der Waals surface area contributed by atoms with Crippen LogP contribution in [0.25, 0.3) is 0 Å². The molecule has 150 valence electrons. The summed E-state index contributed by atoms with van der Waals surface area (Å²) in [5, 5.41) is 0.573. The lowest BCUT2D eigenvalue weighted by Crippen LogP contribution is -2.32. The van der Waals surface area contributed by atoms with Crippen molar-refractivity contribution < 1.29 is 17.6 Å². The number of nitrogens with zero attached hydrogens (tertiary/aromatic N) is 3. The highest BCUT2D eigenvalue weighted by atomic mass is 32.2. The van der Waals surface area contributed by atoms with Gasteiger partial charge in [0.1, 0.15) is 10.7 Å². The van der Waals surface area contributed by atoms with Crippen LogP contribution in [0.1, 0.15) is 19.8 Å². The van der Waals surface area contributed by atoms with Gasteiger partial charge in [0, 0.05) is 31.5 Å². The molecule has 2 aromatic rings. The number of pyridine rings is 1. The van der Waals surface area contributed by atoms with Gasteiger partial charge in [0.25, 0.3) is 0 Å². The number of carbonyl (C=O) groups is 1. The quantitative estimate of drug-likeness (QED) is 0.640. The molecule has 0 spiro atoms. The van der Waals surface area contributed by atoms with E-state index in [1.807, 2.05) is 6.92 Å². The van der Waals surface area contributed by atoms with E-state index in [-0.39, 0.29) is 22.4 Å². The van der Waals surface area contributed by atoms with Gasteiger partial charge in [0.05, 0.1) is 10.8 Å². The number of sulfonamides is 1. The highest BCUT2D eigenvalue weighted by Gasteiger charge is 2.27. The van der Waals surface area contributed by atoms with Crippen molar-refractivity contribution in [1.82, 2.24) is 9.29 Å². The summed E-state index contributed by atoms with van der Waals surface area (Å²) >= 11 is 1.24. The Morgan fingerprint density at radius 3 is 2.43 bits per heavy atom. The molecule has 6 nitrogen and oxygen atoms in total. The van der Waals surface area contributed by atoms with E-state index >= 15 is 0 Å². The van der Waals surface area contributed by atoms with E-state index in [2.05, 4.69) is 4.98 Å². The first kappa shape index (κ1) is 20.8. The predicted octanol–water partition coefficient (Wildman–Crippen LogP) is 3.15. The number of thioether (sulfide) groups is 1. The molecule has 0 bridgehead atoms. The average molecular weight is 424 g/mol. The van der Waals surface area contributed by atoms with Gasteiger partial charge in [-0.1, -0.05) is 11.8 Å². The third-order valence-corrected chi connectivity index (χ3v) is 7.32. The van der Waals surface area contributed by atoms with Crippen LogP contribution in [0.5, 0.6) is 0 Å². The molecule has 1 amide bonds. The average Bonchev–Trinajstić information content (AvgIpc) is 3.24. The monoisotopic (exact) mass is 423 g/mol. The van der Waals surface area contributed by atoms with Crippen LogP contribution >= 0.6 is 11.8 Å². The highest BCUT2D eigenvalue weighted by molar-refractivity contribution is 7.99. The number of rotatable bonds is 7. The van der Waals surface area contributed by atoms with E-state index in [0.717, 1.165) is 12.8 Å². The molecule has 2 heterocycles. The van der Waals surface area contributed by atoms with Crippen molar-refractivity contribution in [2.75, 3.05) is 30.3 Å². The SMILES string of the molecule is CCN(C(=O)CSc1ccc(S(=O)(=O)N2CCCC2)cn1)c1ccc(F)cc1. The van der Waals surface area contributed by atoms with Crippen LogP contribution in [-0.2, 0) is 14.8 Å². The zero-order valence-electron chi connectivity index (χ0n) is 15.5. The third-order valence-electron chi connectivity index (χ3n) is 4.51. The van der Waals surface area contributed by atoms with E-state index in [4.69, 9.17) is 0 Å². The van der Waals surface area contributed by atoms with Gasteiger partial charge in [-0.25, -0.2) is 17.8 Å². The number of anilines is 1. The molecule has 1 fully saturated rings. The molecule has 28 heavy (non-hydrogen) atoms. The van der Waals surface area contributed by atoms with Gasteiger partial charge in [-0.2, -0.15) is 4.31 Å². The fourth-order valence-corrected chi connectivity index (χ4v) is 5.20. The van der Waals surface area contributed by atoms with Crippen LogP contribution in [0.15, 0.2) is 52.5 Å². The van der Waals surface area contributed by atoms with Gasteiger partial charge in [-0.05, 0) is 56.2 Å². The standard InChI is InChI=1S/C19H22FN3O3S2/c1-2-23(16-7-5-15(20)6-8-16)19(24)14-27-18-10-9-17(13-21-18)28(25,26)22-11-3-4-12-22/h5-10,13H,2-4,11-12,14H2,1H3. The van der Waals surface area contributed by atoms with Crippen LogP contribution in [0, 0.1) is 5.82 Å². The topological polar surface area (TPSA) is 70.6 Å². The van der Waals surface area contributed by atoms with Crippen molar-refractivity contribution in [3.63, 3.8) is 0 Å². The van der Waals surface area contributed by atoms with Gasteiger partial charge in [-0.3, -0.25) is 4.79 Å². The van der Waals surface area contributed by atoms with Crippen molar-refractivity contribution in [3.8, 4) is 0 Å². The molecule has 1 aliphatic heterocycles. The lowest BCUT2D eigenvalue weighted by Gasteiger charge is -2.20. The molecule has 0 unspecified atom stereocenters. The summed E-state index contributed by atoms with van der Waals surface area (Å²) in [4.78, 5) is 18.4. The summed E-state index contributed by atoms with van der Waals surface area (Å²) in [6.45, 7) is 3.40. The Kier molecular flexibility index (Phi) is 6.69. The lowest BCUT2D eigenvalue weighted by molar-refractivity contribution is -0.116. The maximum atomic E-state index is 13.1. The molecule has 3 rings (SSSR count). The largest absolute Gasteiger partial charge is 0.312 e. The van der Waals surface area contributed by atoms with Crippen LogP contribution in [-0.4, -0.2) is 49.0 Å². The third kappa shape index (κ3) is 4.71. The van der Waals surface area contributed by atoms with Crippen molar-refractivity contribution >= 4 is 33.4 Å². The molecule has 0 saturated carbocycles. The molecule has 0 radical (unpaired) electrons. The minimum Gasteiger partial charge on any atom is -0.312 e. The van der Waals surface area contributed by atoms with Crippen molar-refractivity contribution in [3.05, 3.63) is 48.4 Å². The molecular formula is C19H22FN3O3S2. The lowest BCUT2D eigenvalue weighted by atomic mass is 10.3. The second-order valence-corrected chi connectivity index (χ2v) is 9.28. The zero-order chi connectivity index (χ0) is 20.1. The van der Waals surface area contributed by atoms with Crippen molar-refractivity contribution in [1.29, 1.82) is 0 Å². The summed E-state index contributed by atoms with van der Waals surface area (Å²) in [6, 6.07) is 8.93. The predicted molar refractivity (Wildman–Crippen MR) is 107 cm³/mol. The summed E-state index contributed by atoms with van der Waals surface area (Å²) in [5.41, 5.74) is 0.634. The molecule has 0 N–H and O–H groups in total. The maximum Gasteiger partial charge on any atom is 0.244 e. The second kappa shape index (κ2) is 9.02. The minimum absolute atomic E-state index is 0.130. The van der Waals surface area contributed by atoms with E-state index in [1.54, 1.807) is 23.1 Å². The molecule has 0 atom stereocenters. The van der Waals surface area contributed by atoms with Crippen molar-refractivity contribution in [2.45, 2.75) is 29.7 Å². The number of aromatic nitrogens is 1. The fourth-order valence-electron chi connectivity index (χ4n) is 3.02. The fraction of sp³-hybridized carbons (Fsp3) is 0.368. The van der Waals surface area contributed by atoms with Crippen LogP contribution in [0.3, 0.4) is 0 Å². The van der Waals surface area contributed by atoms with E-state index in [0.29, 0.717) is 30.3 Å². The Hall–Kier alpha value is -1.97. The Morgan fingerprint density at radius 1 is 1.18 bits per heavy atom. The van der Waals surface area contributed by atoms with Crippen LogP contribution in [0.2, 0.25) is 0 Å². The van der Waals surface area contributed by atoms with Crippen molar-refractivity contribution in [2.24, 2.45) is 0 Å². The summed E-state index contributed by atoms with van der Waals surface area (Å²) in [5.74, 6) is -0.333. The normalized spacial score (nSPS) is 14.9. The number of amides is 1. The van der Waals surface area contributed by atoms with Crippen LogP contribution in [0.4, 0.5) is 10.1 Å². The van der Waals surface area contributed by atoms with Gasteiger partial charge < -0.3 is 4.90 Å². The van der Waals surface area contributed by atoms with Gasteiger partial charge in [-0.15, -0.1) is 0 Å². The maximum absolute atomic E-state index is 13.1. The first-order valence-electron chi connectivity index (χ1n) is 9.07. The van der Waals surface area contributed by atoms with E-state index < -0.39 is 10.0 Å². The Labute approximate surface area is 168 Å². The highest BCUT2D eigenvalue weighted by Crippen LogP contribution is 2.23. The number of carbonyl (C=O) groups excluding carboxylic acids is 1. The first-order valence-corrected chi connectivity index (χ1v) is 11.5. The Balaban J connectivity index is 1.62. The zero-order valence-corrected chi connectivity index (χ0v) is 17.2. The number of hydrogen-bond donors (Lipinski definition) is 0. The summed E-state index contributed by atoms with van der Waals surface area (Å²) < 4.78 is 39.6. The van der Waals surface area contributed by atoms with Crippen LogP contribution < -0.4 is 4.90 Å². The molecule has 1 aromatic carbocycles. The molecule has 1 aromatic heterocycles. The molecular weight excluding hydrogens is 401 g/mol. The van der Waals surface area contributed by atoms with E-state index in [9.17, 15) is 17.6 Å². The summed E-state index contributed by atoms with van der Waals surface area (Å²) in [6.07, 6.45) is 3.10. The molecule has 9 heteroatoms. The molecule has 1 aliphatic rings. The molecule has 1 saturated heterocycles. The number of halogens is 1. The van der Waals surface area contributed by atoms with Gasteiger partial charge in [0.2, 0.25) is 15.9 Å². The van der Waals surface area contributed by atoms with Gasteiger partial charge in [0.15, 0.2) is 0 Å². The Bertz CT molecular complexity index is 912. The minimum atomic E-state index is -3.49. The number of benzene rings is 1. The molecule has 0 aliphatic carbocycles. The second-order valence-electron chi connectivity index (χ2n) is 6.35. The number of hydrogen-bond acceptors (Lipinski definition) is 5. The summed E-state index contributed by atoms with van der Waals surface area (Å²) in [7, 11) is -3.49. The Morgan fingerprint density at radius 2 is 1.86 bits per heavy atom. The van der Waals surface area contributed by atoms with Gasteiger partial charge >= 0.3 is 0 Å². The van der Waals surface area contributed by atoms with E-state index in [1.165, 1.54) is 40.5 Å². The first-order chi connectivity index (χ1) is 13.4. The smallest absolute Gasteiger partial charge is 0.244 e.